The maximum atomic E-state index is 13.8. The van der Waals surface area contributed by atoms with Gasteiger partial charge in [0.1, 0.15) is 6.04 Å². The first-order chi connectivity index (χ1) is 18.9. The van der Waals surface area contributed by atoms with Crippen molar-refractivity contribution in [2.75, 3.05) is 42.7 Å². The van der Waals surface area contributed by atoms with Crippen molar-refractivity contribution in [3.05, 3.63) is 89.0 Å². The molecule has 1 atom stereocenters. The van der Waals surface area contributed by atoms with E-state index in [0.717, 1.165) is 42.7 Å². The van der Waals surface area contributed by atoms with E-state index in [0.29, 0.717) is 29.9 Å². The van der Waals surface area contributed by atoms with Gasteiger partial charge >= 0.3 is 5.97 Å². The third kappa shape index (κ3) is 5.44. The first kappa shape index (κ1) is 26.2. The van der Waals surface area contributed by atoms with Crippen molar-refractivity contribution in [3.63, 3.8) is 0 Å². The number of carbonyl (C=O) groups is 3. The predicted molar refractivity (Wildman–Crippen MR) is 149 cm³/mol. The number of nitrogen functional groups attached to an aromatic ring is 1. The van der Waals surface area contributed by atoms with E-state index in [-0.39, 0.29) is 23.5 Å². The summed E-state index contributed by atoms with van der Waals surface area (Å²) in [6, 6.07) is 17.7. The first-order valence-electron chi connectivity index (χ1n) is 13.1. The van der Waals surface area contributed by atoms with Crippen LogP contribution in [0.5, 0.6) is 0 Å². The highest BCUT2D eigenvalue weighted by Crippen LogP contribution is 2.38. The minimum absolute atomic E-state index is 0.123. The van der Waals surface area contributed by atoms with Crippen LogP contribution in [0.2, 0.25) is 0 Å². The lowest BCUT2D eigenvalue weighted by atomic mass is 9.89. The molecule has 0 spiro atoms. The summed E-state index contributed by atoms with van der Waals surface area (Å²) in [5.41, 5.74) is 10.3. The van der Waals surface area contributed by atoms with Gasteiger partial charge in [-0.1, -0.05) is 12.1 Å². The molecule has 2 heterocycles. The molecule has 3 aromatic carbocycles. The van der Waals surface area contributed by atoms with Crippen LogP contribution < -0.4 is 16.0 Å². The number of hydrogen-bond donors (Lipinski definition) is 3. The molecule has 0 bridgehead atoms. The van der Waals surface area contributed by atoms with E-state index >= 15 is 0 Å². The Kier molecular flexibility index (Phi) is 7.51. The average Bonchev–Trinajstić information content (AvgIpc) is 2.96. The Hall–Kier alpha value is -4.37. The molecule has 1 unspecified atom stereocenters. The molecule has 3 aromatic rings. The van der Waals surface area contributed by atoms with Crippen molar-refractivity contribution in [2.24, 2.45) is 0 Å². The molecular formula is C30H32N4O5. The topological polar surface area (TPSA) is 125 Å². The Labute approximate surface area is 227 Å². The van der Waals surface area contributed by atoms with Crippen LogP contribution in [-0.2, 0) is 16.0 Å². The molecule has 0 radical (unpaired) electrons. The molecule has 0 aliphatic carbocycles. The third-order valence-corrected chi connectivity index (χ3v) is 7.58. The van der Waals surface area contributed by atoms with E-state index < -0.39 is 12.0 Å². The van der Waals surface area contributed by atoms with E-state index in [9.17, 15) is 19.5 Å². The predicted octanol–water partition coefficient (Wildman–Crippen LogP) is 3.96. The number of carboxylic acid groups (broad SMARTS) is 1. The lowest BCUT2D eigenvalue weighted by Crippen LogP contribution is -2.46. The van der Waals surface area contributed by atoms with Crippen LogP contribution in [0.4, 0.5) is 17.1 Å². The quantitative estimate of drug-likeness (QED) is 0.414. The number of benzene rings is 3. The van der Waals surface area contributed by atoms with Gasteiger partial charge in [0.25, 0.3) is 11.8 Å². The fourth-order valence-electron chi connectivity index (χ4n) is 5.48. The molecule has 9 nitrogen and oxygen atoms in total. The number of carbonyl (C=O) groups excluding carboxylic acids is 2. The van der Waals surface area contributed by atoms with Crippen molar-refractivity contribution < 1.29 is 24.2 Å². The summed E-state index contributed by atoms with van der Waals surface area (Å²) in [7, 11) is 1.75. The molecule has 2 aliphatic heterocycles. The lowest BCUT2D eigenvalue weighted by molar-refractivity contribution is -0.121. The van der Waals surface area contributed by atoms with E-state index in [1.807, 2.05) is 12.1 Å². The molecular weight excluding hydrogens is 496 g/mol. The molecule has 39 heavy (non-hydrogen) atoms. The Balaban J connectivity index is 1.49. The van der Waals surface area contributed by atoms with Crippen molar-refractivity contribution >= 4 is 34.8 Å². The van der Waals surface area contributed by atoms with Crippen molar-refractivity contribution in [2.45, 2.75) is 31.4 Å². The zero-order valence-corrected chi connectivity index (χ0v) is 21.8. The van der Waals surface area contributed by atoms with Gasteiger partial charge in [0.15, 0.2) is 0 Å². The summed E-state index contributed by atoms with van der Waals surface area (Å²) in [6.45, 7) is 2.09. The van der Waals surface area contributed by atoms with Crippen LogP contribution in [-0.4, -0.2) is 60.6 Å². The van der Waals surface area contributed by atoms with E-state index in [2.05, 4.69) is 16.3 Å². The maximum Gasteiger partial charge on any atom is 0.335 e. The monoisotopic (exact) mass is 528 g/mol. The van der Waals surface area contributed by atoms with Gasteiger partial charge in [-0.3, -0.25) is 9.59 Å². The molecule has 1 saturated heterocycles. The van der Waals surface area contributed by atoms with Gasteiger partial charge in [0.2, 0.25) is 0 Å². The van der Waals surface area contributed by atoms with Crippen molar-refractivity contribution in [1.82, 2.24) is 4.90 Å². The molecule has 1 fully saturated rings. The smallest absolute Gasteiger partial charge is 0.335 e. The van der Waals surface area contributed by atoms with Crippen LogP contribution in [0.3, 0.4) is 0 Å². The molecule has 4 N–H and O–H groups in total. The number of fused-ring (bicyclic) bond motifs is 1. The summed E-state index contributed by atoms with van der Waals surface area (Å²) >= 11 is 0. The van der Waals surface area contributed by atoms with Crippen LogP contribution in [0.1, 0.15) is 50.7 Å². The van der Waals surface area contributed by atoms with Crippen LogP contribution in [0.15, 0.2) is 66.7 Å². The van der Waals surface area contributed by atoms with Crippen LogP contribution in [0.25, 0.3) is 0 Å². The number of aromatic carboxylic acids is 1. The zero-order valence-electron chi connectivity index (χ0n) is 21.8. The van der Waals surface area contributed by atoms with Gasteiger partial charge in [0, 0.05) is 49.4 Å². The normalized spacial score (nSPS) is 17.4. The first-order valence-corrected chi connectivity index (χ1v) is 13.1. The third-order valence-electron chi connectivity index (χ3n) is 7.58. The van der Waals surface area contributed by atoms with E-state index in [1.165, 1.54) is 12.1 Å². The number of methoxy groups -OCH3 is 1. The summed E-state index contributed by atoms with van der Waals surface area (Å²) in [6.07, 6.45) is 2.73. The fourth-order valence-corrected chi connectivity index (χ4v) is 5.48. The zero-order chi connectivity index (χ0) is 27.5. The molecule has 9 heteroatoms. The SMILES string of the molecule is COC1CCN(c2cccc3c2CCN(C(=O)c2ccc(N)cc2)C3C(=O)Nc2ccc(C(=O)O)cc2)CC1. The highest BCUT2D eigenvalue weighted by atomic mass is 16.5. The summed E-state index contributed by atoms with van der Waals surface area (Å²) in [5, 5.41) is 12.1. The summed E-state index contributed by atoms with van der Waals surface area (Å²) in [5.74, 6) is -1.66. The minimum Gasteiger partial charge on any atom is -0.478 e. The van der Waals surface area contributed by atoms with Gasteiger partial charge in [-0.05, 0) is 85.0 Å². The second-order valence-corrected chi connectivity index (χ2v) is 9.91. The van der Waals surface area contributed by atoms with Gasteiger partial charge in [0.05, 0.1) is 11.7 Å². The Morgan fingerprint density at radius 3 is 2.23 bits per heavy atom. The number of piperidine rings is 1. The van der Waals surface area contributed by atoms with Crippen molar-refractivity contribution in [1.29, 1.82) is 0 Å². The second kappa shape index (κ2) is 11.2. The molecule has 202 valence electrons. The largest absolute Gasteiger partial charge is 0.478 e. The number of ether oxygens (including phenoxy) is 1. The van der Waals surface area contributed by atoms with Crippen molar-refractivity contribution in [3.8, 4) is 0 Å². The highest BCUT2D eigenvalue weighted by molar-refractivity contribution is 6.02. The number of nitrogens with two attached hydrogens (primary N) is 1. The number of nitrogens with zero attached hydrogens (tertiary/aromatic N) is 2. The van der Waals surface area contributed by atoms with Gasteiger partial charge in [-0.25, -0.2) is 4.79 Å². The Morgan fingerprint density at radius 1 is 0.923 bits per heavy atom. The van der Waals surface area contributed by atoms with Crippen LogP contribution in [0, 0.1) is 0 Å². The molecule has 0 aromatic heterocycles. The fraction of sp³-hybridized carbons (Fsp3) is 0.300. The highest BCUT2D eigenvalue weighted by Gasteiger charge is 2.38. The van der Waals surface area contributed by atoms with Crippen LogP contribution >= 0.6 is 0 Å². The minimum atomic E-state index is -1.04. The number of anilines is 3. The average molecular weight is 529 g/mol. The standard InChI is InChI=1S/C30H32N4O5/c1-39-23-13-16-33(17-14-23)26-4-2-3-25-24(26)15-18-34(29(36)19-5-9-21(31)10-6-19)27(25)28(35)32-22-11-7-20(8-12-22)30(37)38/h2-12,23,27H,13-18,31H2,1H3,(H,32,35)(H,37,38). The maximum absolute atomic E-state index is 13.8. The lowest BCUT2D eigenvalue weighted by Gasteiger charge is -2.40. The number of hydrogen-bond acceptors (Lipinski definition) is 6. The Morgan fingerprint density at radius 2 is 1.59 bits per heavy atom. The van der Waals surface area contributed by atoms with E-state index in [1.54, 1.807) is 48.4 Å². The number of nitrogens with one attached hydrogen (secondary N) is 1. The molecule has 5 rings (SSSR count). The summed E-state index contributed by atoms with van der Waals surface area (Å²) < 4.78 is 5.54. The van der Waals surface area contributed by atoms with Gasteiger partial charge in [-0.2, -0.15) is 0 Å². The molecule has 2 aliphatic rings. The number of rotatable bonds is 6. The second-order valence-electron chi connectivity index (χ2n) is 9.91. The number of amides is 2. The van der Waals surface area contributed by atoms with Gasteiger partial charge < -0.3 is 30.7 Å². The van der Waals surface area contributed by atoms with Gasteiger partial charge in [-0.15, -0.1) is 0 Å². The number of carboxylic acids is 1. The summed E-state index contributed by atoms with van der Waals surface area (Å²) in [4.78, 5) is 42.7. The molecule has 2 amide bonds. The Bertz CT molecular complexity index is 1370. The van der Waals surface area contributed by atoms with E-state index in [4.69, 9.17) is 10.5 Å². The molecule has 0 saturated carbocycles.